The zero-order valence-corrected chi connectivity index (χ0v) is 18.7. The number of amides is 1. The number of hydrogen-bond acceptors (Lipinski definition) is 7. The number of carbonyl (C=O) groups excluding carboxylic acids is 2. The van der Waals surface area contributed by atoms with Gasteiger partial charge >= 0.3 is 5.97 Å². The molecule has 0 aromatic heterocycles. The zero-order chi connectivity index (χ0) is 23.8. The fraction of sp³-hybridized carbons (Fsp3) is 0.130. The van der Waals surface area contributed by atoms with E-state index < -0.39 is 28.5 Å². The van der Waals surface area contributed by atoms with Crippen molar-refractivity contribution in [2.45, 2.75) is 4.90 Å². The lowest BCUT2D eigenvalue weighted by molar-refractivity contribution is -0.119. The van der Waals surface area contributed by atoms with Gasteiger partial charge in [0, 0.05) is 0 Å². The van der Waals surface area contributed by atoms with E-state index in [0.29, 0.717) is 17.2 Å². The van der Waals surface area contributed by atoms with Gasteiger partial charge < -0.3 is 19.5 Å². The number of methoxy groups -OCH3 is 2. The van der Waals surface area contributed by atoms with E-state index in [4.69, 9.17) is 14.2 Å². The highest BCUT2D eigenvalue weighted by molar-refractivity contribution is 7.92. The number of anilines is 2. The van der Waals surface area contributed by atoms with Crippen molar-refractivity contribution in [3.8, 4) is 11.5 Å². The van der Waals surface area contributed by atoms with E-state index in [1.807, 2.05) is 0 Å². The Morgan fingerprint density at radius 3 is 2.12 bits per heavy atom. The third kappa shape index (κ3) is 6.01. The molecule has 3 aromatic rings. The highest BCUT2D eigenvalue weighted by Gasteiger charge is 2.20. The highest BCUT2D eigenvalue weighted by Crippen LogP contribution is 2.24. The molecule has 3 rings (SSSR count). The molecule has 0 aliphatic heterocycles. The van der Waals surface area contributed by atoms with Crippen molar-refractivity contribution in [3.63, 3.8) is 0 Å². The van der Waals surface area contributed by atoms with Gasteiger partial charge in [-0.3, -0.25) is 9.52 Å². The van der Waals surface area contributed by atoms with Crippen LogP contribution in [0.4, 0.5) is 11.4 Å². The second-order valence-corrected chi connectivity index (χ2v) is 8.33. The lowest BCUT2D eigenvalue weighted by Gasteiger charge is -2.13. The lowest BCUT2D eigenvalue weighted by Crippen LogP contribution is -2.22. The van der Waals surface area contributed by atoms with Gasteiger partial charge in [0.2, 0.25) is 0 Å². The Balaban J connectivity index is 1.69. The van der Waals surface area contributed by atoms with Crippen LogP contribution in [0.3, 0.4) is 0 Å². The Morgan fingerprint density at radius 2 is 1.45 bits per heavy atom. The third-order valence-corrected chi connectivity index (χ3v) is 5.86. The summed E-state index contributed by atoms with van der Waals surface area (Å²) in [6, 6.07) is 18.5. The summed E-state index contributed by atoms with van der Waals surface area (Å²) in [5, 5.41) is 2.59. The van der Waals surface area contributed by atoms with Crippen LogP contribution in [-0.4, -0.2) is 41.1 Å². The average molecular weight is 471 g/mol. The van der Waals surface area contributed by atoms with E-state index in [1.54, 1.807) is 36.4 Å². The monoisotopic (exact) mass is 470 g/mol. The number of carbonyl (C=O) groups is 2. The van der Waals surface area contributed by atoms with Gasteiger partial charge in [0.15, 0.2) is 6.61 Å². The molecule has 0 radical (unpaired) electrons. The van der Waals surface area contributed by atoms with Gasteiger partial charge in [-0.25, -0.2) is 13.2 Å². The van der Waals surface area contributed by atoms with Gasteiger partial charge in [0.25, 0.3) is 15.9 Å². The fourth-order valence-electron chi connectivity index (χ4n) is 2.85. The number of hydrogen-bond donors (Lipinski definition) is 2. The molecule has 2 N–H and O–H groups in total. The molecule has 10 heteroatoms. The number of para-hydroxylation sites is 3. The van der Waals surface area contributed by atoms with Gasteiger partial charge in [-0.15, -0.1) is 0 Å². The number of ether oxygens (including phenoxy) is 3. The molecule has 0 unspecified atom stereocenters. The van der Waals surface area contributed by atoms with E-state index in [9.17, 15) is 18.0 Å². The number of benzene rings is 3. The molecule has 0 heterocycles. The lowest BCUT2D eigenvalue weighted by atomic mass is 10.2. The molecule has 0 aliphatic carbocycles. The van der Waals surface area contributed by atoms with E-state index in [-0.39, 0.29) is 16.1 Å². The summed E-state index contributed by atoms with van der Waals surface area (Å²) in [6.07, 6.45) is 0. The maximum Gasteiger partial charge on any atom is 0.340 e. The molecule has 0 saturated carbocycles. The molecule has 9 nitrogen and oxygen atoms in total. The number of sulfonamides is 1. The summed E-state index contributed by atoms with van der Waals surface area (Å²) in [5.74, 6) is -0.484. The van der Waals surface area contributed by atoms with Crippen molar-refractivity contribution in [3.05, 3.63) is 78.4 Å². The van der Waals surface area contributed by atoms with Crippen molar-refractivity contribution < 1.29 is 32.2 Å². The number of rotatable bonds is 9. The van der Waals surface area contributed by atoms with Crippen molar-refractivity contribution >= 4 is 33.3 Å². The van der Waals surface area contributed by atoms with Crippen molar-refractivity contribution in [1.29, 1.82) is 0 Å². The van der Waals surface area contributed by atoms with Gasteiger partial charge in [0.05, 0.1) is 36.1 Å². The number of esters is 1. The Labute approximate surface area is 191 Å². The van der Waals surface area contributed by atoms with Crippen LogP contribution in [-0.2, 0) is 19.6 Å². The molecule has 0 bridgehead atoms. The van der Waals surface area contributed by atoms with Crippen LogP contribution in [0.15, 0.2) is 77.7 Å². The summed E-state index contributed by atoms with van der Waals surface area (Å²) in [7, 11) is -1.04. The Kier molecular flexibility index (Phi) is 7.52. The first kappa shape index (κ1) is 23.6. The minimum atomic E-state index is -3.98. The zero-order valence-electron chi connectivity index (χ0n) is 17.9. The molecule has 1 amide bonds. The summed E-state index contributed by atoms with van der Waals surface area (Å²) in [6.45, 7) is -0.573. The van der Waals surface area contributed by atoms with Gasteiger partial charge in [0.1, 0.15) is 11.5 Å². The molecule has 0 spiro atoms. The maximum atomic E-state index is 12.7. The predicted octanol–water partition coefficient (Wildman–Crippen LogP) is 3.30. The molecule has 0 aliphatic rings. The summed E-state index contributed by atoms with van der Waals surface area (Å²) in [5.41, 5.74) is 0.400. The molecule has 0 fully saturated rings. The molecule has 33 heavy (non-hydrogen) atoms. The summed E-state index contributed by atoms with van der Waals surface area (Å²) >= 11 is 0. The van der Waals surface area contributed by atoms with Crippen LogP contribution in [0.25, 0.3) is 0 Å². The minimum Gasteiger partial charge on any atom is -0.497 e. The predicted molar refractivity (Wildman–Crippen MR) is 122 cm³/mol. The van der Waals surface area contributed by atoms with E-state index >= 15 is 0 Å². The second-order valence-electron chi connectivity index (χ2n) is 6.65. The summed E-state index contributed by atoms with van der Waals surface area (Å²) in [4.78, 5) is 24.8. The first-order chi connectivity index (χ1) is 15.8. The molecule has 0 saturated heterocycles. The van der Waals surface area contributed by atoms with Gasteiger partial charge in [-0.1, -0.05) is 24.3 Å². The van der Waals surface area contributed by atoms with Crippen LogP contribution in [0, 0.1) is 0 Å². The van der Waals surface area contributed by atoms with Gasteiger partial charge in [-0.2, -0.15) is 0 Å². The second kappa shape index (κ2) is 10.5. The number of nitrogens with one attached hydrogen (secondary N) is 2. The molecular formula is C23H22N2O7S. The standard InChI is InChI=1S/C23H22N2O7S/c1-30-16-11-13-17(14-12-16)33(28,29)25-19-8-4-3-7-18(19)23(27)32-15-22(26)24-20-9-5-6-10-21(20)31-2/h3-14,25H,15H2,1-2H3,(H,24,26). The Bertz CT molecular complexity index is 1240. The first-order valence-electron chi connectivity index (χ1n) is 9.70. The van der Waals surface area contributed by atoms with E-state index in [0.717, 1.165) is 0 Å². The molecule has 3 aromatic carbocycles. The summed E-state index contributed by atoms with van der Waals surface area (Å²) < 4.78 is 43.1. The van der Waals surface area contributed by atoms with Crippen molar-refractivity contribution in [2.24, 2.45) is 0 Å². The van der Waals surface area contributed by atoms with Gasteiger partial charge in [-0.05, 0) is 48.5 Å². The first-order valence-corrected chi connectivity index (χ1v) is 11.2. The highest BCUT2D eigenvalue weighted by atomic mass is 32.2. The smallest absolute Gasteiger partial charge is 0.340 e. The van der Waals surface area contributed by atoms with Crippen LogP contribution in [0.1, 0.15) is 10.4 Å². The molecule has 0 atom stereocenters. The van der Waals surface area contributed by atoms with E-state index in [1.165, 1.54) is 50.6 Å². The Morgan fingerprint density at radius 1 is 0.818 bits per heavy atom. The van der Waals surface area contributed by atoms with Crippen molar-refractivity contribution in [2.75, 3.05) is 30.9 Å². The van der Waals surface area contributed by atoms with E-state index in [2.05, 4.69) is 10.0 Å². The quantitative estimate of drug-likeness (QED) is 0.461. The third-order valence-electron chi connectivity index (χ3n) is 4.48. The SMILES string of the molecule is COc1ccc(S(=O)(=O)Nc2ccccc2C(=O)OCC(=O)Nc2ccccc2OC)cc1. The molecule has 172 valence electrons. The van der Waals surface area contributed by atoms with Crippen LogP contribution in [0.2, 0.25) is 0 Å². The van der Waals surface area contributed by atoms with Crippen molar-refractivity contribution in [1.82, 2.24) is 0 Å². The minimum absolute atomic E-state index is 0.0114. The fourth-order valence-corrected chi connectivity index (χ4v) is 3.93. The normalized spacial score (nSPS) is 10.7. The van der Waals surface area contributed by atoms with Crippen LogP contribution < -0.4 is 19.5 Å². The maximum absolute atomic E-state index is 12.7. The van der Waals surface area contributed by atoms with Crippen LogP contribution in [0.5, 0.6) is 11.5 Å². The molecular weight excluding hydrogens is 448 g/mol. The Hall–Kier alpha value is -4.05. The largest absolute Gasteiger partial charge is 0.497 e. The topological polar surface area (TPSA) is 120 Å². The van der Waals surface area contributed by atoms with Crippen LogP contribution >= 0.6 is 0 Å². The average Bonchev–Trinajstić information content (AvgIpc) is 2.83.